The molecule has 0 heterocycles. The van der Waals surface area contributed by atoms with E-state index in [0.717, 1.165) is 17.4 Å². The summed E-state index contributed by atoms with van der Waals surface area (Å²) in [6.07, 6.45) is 20.8. The smallest absolute Gasteiger partial charge is 0.0249 e. The number of allylic oxidation sites excluding steroid dienone is 2. The minimum atomic E-state index is 0.757. The SMILES string of the molecule is CCCCCc1ccc(C#C/C=C/C2CCC(CCCCC)CC2)cc1. The van der Waals surface area contributed by atoms with Crippen molar-refractivity contribution < 1.29 is 0 Å². The van der Waals surface area contributed by atoms with Gasteiger partial charge in [0, 0.05) is 5.56 Å². The van der Waals surface area contributed by atoms with E-state index in [4.69, 9.17) is 0 Å². The third-order valence-corrected chi connectivity index (χ3v) is 5.80. The highest BCUT2D eigenvalue weighted by molar-refractivity contribution is 5.38. The lowest BCUT2D eigenvalue weighted by Crippen LogP contribution is -2.12. The Morgan fingerprint density at radius 2 is 1.58 bits per heavy atom. The number of aryl methyl sites for hydroxylation is 1. The maximum Gasteiger partial charge on any atom is 0.0249 e. The molecule has 0 bridgehead atoms. The molecule has 1 aromatic carbocycles. The quantitative estimate of drug-likeness (QED) is 0.316. The number of unbranched alkanes of at least 4 members (excludes halogenated alkanes) is 4. The maximum absolute atomic E-state index is 3.29. The average Bonchev–Trinajstić information content (AvgIpc) is 2.68. The molecule has 1 aliphatic carbocycles. The minimum absolute atomic E-state index is 0.757. The van der Waals surface area contributed by atoms with Gasteiger partial charge in [0.15, 0.2) is 0 Å². The minimum Gasteiger partial charge on any atom is -0.0730 e. The van der Waals surface area contributed by atoms with E-state index in [2.05, 4.69) is 62.1 Å². The molecule has 26 heavy (non-hydrogen) atoms. The van der Waals surface area contributed by atoms with Gasteiger partial charge in [0.2, 0.25) is 0 Å². The Balaban J connectivity index is 1.69. The van der Waals surface area contributed by atoms with Crippen LogP contribution in [0, 0.1) is 23.7 Å². The van der Waals surface area contributed by atoms with E-state index in [9.17, 15) is 0 Å². The molecule has 0 unspecified atom stereocenters. The molecular weight excluding hydrogens is 312 g/mol. The maximum atomic E-state index is 3.29. The lowest BCUT2D eigenvalue weighted by Gasteiger charge is -2.26. The van der Waals surface area contributed by atoms with Crippen molar-refractivity contribution in [1.29, 1.82) is 0 Å². The Kier molecular flexibility index (Phi) is 10.3. The zero-order chi connectivity index (χ0) is 18.5. The molecule has 1 fully saturated rings. The van der Waals surface area contributed by atoms with Gasteiger partial charge in [-0.1, -0.05) is 82.4 Å². The molecule has 0 atom stereocenters. The van der Waals surface area contributed by atoms with Crippen molar-refractivity contribution >= 4 is 0 Å². The first-order chi connectivity index (χ1) is 12.8. The fraction of sp³-hybridized carbons (Fsp3) is 0.615. The molecule has 0 N–H and O–H groups in total. The van der Waals surface area contributed by atoms with Gasteiger partial charge < -0.3 is 0 Å². The Bertz CT molecular complexity index is 558. The van der Waals surface area contributed by atoms with E-state index < -0.39 is 0 Å². The first-order valence-electron chi connectivity index (χ1n) is 11.1. The van der Waals surface area contributed by atoms with Gasteiger partial charge in [-0.25, -0.2) is 0 Å². The summed E-state index contributed by atoms with van der Waals surface area (Å²) in [5.74, 6) is 8.28. The molecule has 0 aliphatic heterocycles. The second kappa shape index (κ2) is 12.8. The Hall–Kier alpha value is -1.48. The summed E-state index contributed by atoms with van der Waals surface area (Å²) in [5.41, 5.74) is 2.57. The molecule has 0 aromatic heterocycles. The van der Waals surface area contributed by atoms with E-state index in [1.165, 1.54) is 82.6 Å². The molecule has 142 valence electrons. The summed E-state index contributed by atoms with van der Waals surface area (Å²) in [6.45, 7) is 4.55. The topological polar surface area (TPSA) is 0 Å². The molecule has 0 saturated heterocycles. The van der Waals surface area contributed by atoms with E-state index in [1.54, 1.807) is 0 Å². The van der Waals surface area contributed by atoms with Gasteiger partial charge in [0.1, 0.15) is 0 Å². The molecule has 0 spiro atoms. The summed E-state index contributed by atoms with van der Waals surface area (Å²) in [7, 11) is 0. The molecule has 1 saturated carbocycles. The molecule has 0 nitrogen and oxygen atoms in total. The van der Waals surface area contributed by atoms with Crippen molar-refractivity contribution in [3.05, 3.63) is 47.5 Å². The van der Waals surface area contributed by atoms with E-state index in [-0.39, 0.29) is 0 Å². The van der Waals surface area contributed by atoms with Crippen LogP contribution in [-0.4, -0.2) is 0 Å². The van der Waals surface area contributed by atoms with Crippen molar-refractivity contribution in [1.82, 2.24) is 0 Å². The van der Waals surface area contributed by atoms with Gasteiger partial charge in [-0.3, -0.25) is 0 Å². The average molecular weight is 351 g/mol. The zero-order valence-electron chi connectivity index (χ0n) is 17.1. The first kappa shape index (κ1) is 20.8. The van der Waals surface area contributed by atoms with Gasteiger partial charge in [-0.05, 0) is 74.1 Å². The zero-order valence-corrected chi connectivity index (χ0v) is 17.1. The van der Waals surface area contributed by atoms with Crippen LogP contribution in [0.25, 0.3) is 0 Å². The van der Waals surface area contributed by atoms with Crippen LogP contribution in [-0.2, 0) is 6.42 Å². The van der Waals surface area contributed by atoms with Crippen LogP contribution in [0.2, 0.25) is 0 Å². The number of benzene rings is 1. The van der Waals surface area contributed by atoms with Crippen molar-refractivity contribution in [3.63, 3.8) is 0 Å². The predicted octanol–water partition coefficient (Wildman–Crippen LogP) is 7.71. The van der Waals surface area contributed by atoms with Crippen molar-refractivity contribution in [2.24, 2.45) is 11.8 Å². The van der Waals surface area contributed by atoms with Gasteiger partial charge in [0.25, 0.3) is 0 Å². The summed E-state index contributed by atoms with van der Waals surface area (Å²) in [5, 5.41) is 0. The largest absolute Gasteiger partial charge is 0.0730 e. The first-order valence-corrected chi connectivity index (χ1v) is 11.1. The normalized spacial score (nSPS) is 20.1. The lowest BCUT2D eigenvalue weighted by molar-refractivity contribution is 0.289. The fourth-order valence-electron chi connectivity index (χ4n) is 4.00. The van der Waals surface area contributed by atoms with Crippen LogP contribution in [0.15, 0.2) is 36.4 Å². The fourth-order valence-corrected chi connectivity index (χ4v) is 4.00. The third-order valence-electron chi connectivity index (χ3n) is 5.80. The summed E-state index contributed by atoms with van der Waals surface area (Å²) in [4.78, 5) is 0. The highest BCUT2D eigenvalue weighted by Gasteiger charge is 2.18. The van der Waals surface area contributed by atoms with Crippen LogP contribution >= 0.6 is 0 Å². The van der Waals surface area contributed by atoms with E-state index in [0.29, 0.717) is 0 Å². The van der Waals surface area contributed by atoms with Crippen molar-refractivity contribution in [2.75, 3.05) is 0 Å². The molecule has 1 aliphatic rings. The van der Waals surface area contributed by atoms with Crippen LogP contribution in [0.4, 0.5) is 0 Å². The Morgan fingerprint density at radius 3 is 2.27 bits per heavy atom. The highest BCUT2D eigenvalue weighted by Crippen LogP contribution is 2.32. The van der Waals surface area contributed by atoms with Crippen LogP contribution in [0.5, 0.6) is 0 Å². The molecule has 2 rings (SSSR count). The van der Waals surface area contributed by atoms with Gasteiger partial charge >= 0.3 is 0 Å². The number of rotatable bonds is 9. The second-order valence-corrected chi connectivity index (χ2v) is 8.06. The molecular formula is C26H38. The van der Waals surface area contributed by atoms with Gasteiger partial charge in [-0.15, -0.1) is 0 Å². The standard InChI is InChI=1S/C26H38/c1-3-5-7-11-23-15-19-25(20-16-23)13-9-10-14-26-21-17-24(18-22-26)12-8-6-4-2/h9,13,17-18,21-23,25H,3-8,11-12,15-16,19-20H2,1-2H3/b13-9+. The Labute approximate surface area is 162 Å². The van der Waals surface area contributed by atoms with Crippen LogP contribution < -0.4 is 0 Å². The van der Waals surface area contributed by atoms with Gasteiger partial charge in [-0.2, -0.15) is 0 Å². The molecule has 0 heteroatoms. The summed E-state index contributed by atoms with van der Waals surface area (Å²) < 4.78 is 0. The summed E-state index contributed by atoms with van der Waals surface area (Å²) in [6, 6.07) is 8.82. The second-order valence-electron chi connectivity index (χ2n) is 8.06. The number of hydrogen-bond donors (Lipinski definition) is 0. The van der Waals surface area contributed by atoms with E-state index >= 15 is 0 Å². The molecule has 0 radical (unpaired) electrons. The lowest BCUT2D eigenvalue weighted by atomic mass is 9.79. The van der Waals surface area contributed by atoms with Gasteiger partial charge in [0.05, 0.1) is 0 Å². The molecule has 0 amide bonds. The third kappa shape index (κ3) is 8.27. The predicted molar refractivity (Wildman–Crippen MR) is 115 cm³/mol. The van der Waals surface area contributed by atoms with Crippen molar-refractivity contribution in [2.45, 2.75) is 90.9 Å². The van der Waals surface area contributed by atoms with Crippen LogP contribution in [0.3, 0.4) is 0 Å². The van der Waals surface area contributed by atoms with Crippen molar-refractivity contribution in [3.8, 4) is 11.8 Å². The monoisotopic (exact) mass is 350 g/mol. The van der Waals surface area contributed by atoms with Crippen LogP contribution in [0.1, 0.15) is 95.6 Å². The van der Waals surface area contributed by atoms with E-state index in [1.807, 2.05) is 0 Å². The summed E-state index contributed by atoms with van der Waals surface area (Å²) >= 11 is 0. The Morgan fingerprint density at radius 1 is 0.885 bits per heavy atom. The molecule has 1 aromatic rings. The number of hydrogen-bond acceptors (Lipinski definition) is 0. The highest BCUT2D eigenvalue weighted by atomic mass is 14.2.